The topological polar surface area (TPSA) is 26.0 Å². The van der Waals surface area contributed by atoms with Gasteiger partial charge < -0.3 is 4.42 Å². The number of nitrogens with zero attached hydrogens (tertiary/aromatic N) is 1. The summed E-state index contributed by atoms with van der Waals surface area (Å²) in [6, 6.07) is 25.7. The second-order valence-electron chi connectivity index (χ2n) is 9.02. The third-order valence-corrected chi connectivity index (χ3v) is 7.91. The molecule has 5 aromatic rings. The van der Waals surface area contributed by atoms with E-state index in [2.05, 4.69) is 81.2 Å². The quantitative estimate of drug-likeness (QED) is 0.296. The Bertz CT molecular complexity index is 1370. The van der Waals surface area contributed by atoms with Crippen molar-refractivity contribution < 1.29 is 4.42 Å². The van der Waals surface area contributed by atoms with Gasteiger partial charge in [-0.3, -0.25) is 4.98 Å². The summed E-state index contributed by atoms with van der Waals surface area (Å²) in [7, 11) is -1.28. The molecule has 2 nitrogen and oxygen atoms in total. The molecule has 0 amide bonds. The summed E-state index contributed by atoms with van der Waals surface area (Å²) in [5.41, 5.74) is 7.58. The van der Waals surface area contributed by atoms with Crippen LogP contribution in [0, 0.1) is 6.92 Å². The van der Waals surface area contributed by atoms with Gasteiger partial charge >= 0.3 is 0 Å². The third kappa shape index (κ3) is 3.25. The second kappa shape index (κ2) is 6.96. The second-order valence-corrected chi connectivity index (χ2v) is 14.1. The minimum Gasteiger partial charge on any atom is -0.456 e. The Morgan fingerprint density at radius 1 is 0.733 bits per heavy atom. The Morgan fingerprint density at radius 2 is 1.43 bits per heavy atom. The molecule has 0 unspecified atom stereocenters. The first-order valence-electron chi connectivity index (χ1n) is 10.4. The highest BCUT2D eigenvalue weighted by molar-refractivity contribution is 6.88. The van der Waals surface area contributed by atoms with Crippen LogP contribution < -0.4 is 5.19 Å². The lowest BCUT2D eigenvalue weighted by Gasteiger charge is -2.17. The Kier molecular flexibility index (Phi) is 4.37. The van der Waals surface area contributed by atoms with Crippen LogP contribution >= 0.6 is 0 Å². The molecule has 148 valence electrons. The monoisotopic (exact) mass is 407 g/mol. The lowest BCUT2D eigenvalue weighted by Crippen LogP contribution is -2.37. The molecule has 30 heavy (non-hydrogen) atoms. The van der Waals surface area contributed by atoms with Crippen molar-refractivity contribution in [3.8, 4) is 22.4 Å². The number of aromatic nitrogens is 1. The summed E-state index contributed by atoms with van der Waals surface area (Å²) in [5.74, 6) is 0. The predicted molar refractivity (Wildman–Crippen MR) is 130 cm³/mol. The van der Waals surface area contributed by atoms with Crippen molar-refractivity contribution in [2.45, 2.75) is 26.6 Å². The van der Waals surface area contributed by atoms with E-state index in [-0.39, 0.29) is 0 Å². The van der Waals surface area contributed by atoms with Gasteiger partial charge in [0, 0.05) is 28.1 Å². The smallest absolute Gasteiger partial charge is 0.135 e. The first-order valence-corrected chi connectivity index (χ1v) is 13.9. The van der Waals surface area contributed by atoms with Gasteiger partial charge in [0.05, 0.1) is 13.8 Å². The molecule has 3 aromatic carbocycles. The molecule has 0 aliphatic carbocycles. The number of fused-ring (bicyclic) bond motifs is 3. The molecule has 5 rings (SSSR count). The Labute approximate surface area is 178 Å². The maximum absolute atomic E-state index is 5.96. The number of furan rings is 1. The number of pyridine rings is 1. The van der Waals surface area contributed by atoms with Crippen molar-refractivity contribution in [2.24, 2.45) is 0 Å². The van der Waals surface area contributed by atoms with Crippen LogP contribution in [-0.4, -0.2) is 13.1 Å². The van der Waals surface area contributed by atoms with Crippen LogP contribution in [0.3, 0.4) is 0 Å². The van der Waals surface area contributed by atoms with Gasteiger partial charge in [-0.1, -0.05) is 67.3 Å². The van der Waals surface area contributed by atoms with Gasteiger partial charge in [-0.15, -0.1) is 0 Å². The molecule has 0 fully saturated rings. The average molecular weight is 408 g/mol. The van der Waals surface area contributed by atoms with Crippen molar-refractivity contribution in [2.75, 3.05) is 0 Å². The van der Waals surface area contributed by atoms with Gasteiger partial charge in [0.25, 0.3) is 0 Å². The van der Waals surface area contributed by atoms with Crippen LogP contribution in [0.5, 0.6) is 0 Å². The van der Waals surface area contributed by atoms with E-state index in [0.717, 1.165) is 33.2 Å². The molecular weight excluding hydrogens is 382 g/mol. The van der Waals surface area contributed by atoms with Crippen LogP contribution in [0.1, 0.15) is 5.56 Å². The lowest BCUT2D eigenvalue weighted by atomic mass is 10.00. The van der Waals surface area contributed by atoms with Gasteiger partial charge in [0.1, 0.15) is 11.2 Å². The molecule has 0 spiro atoms. The SMILES string of the molecule is Cc1cc(-c2ccc3oc4ccccc4c3c2)ncc1-c1ccc([Si](C)(C)C)cc1. The molecular formula is C27H25NOSi. The molecule has 0 saturated carbocycles. The first kappa shape index (κ1) is 18.8. The molecule has 3 heteroatoms. The van der Waals surface area contributed by atoms with Crippen LogP contribution in [0.4, 0.5) is 0 Å². The summed E-state index contributed by atoms with van der Waals surface area (Å²) in [6.45, 7) is 9.30. The molecule has 0 saturated heterocycles. The molecule has 0 radical (unpaired) electrons. The van der Waals surface area contributed by atoms with Crippen molar-refractivity contribution >= 4 is 35.2 Å². The highest BCUT2D eigenvalue weighted by Gasteiger charge is 2.16. The zero-order valence-electron chi connectivity index (χ0n) is 17.9. The summed E-state index contributed by atoms with van der Waals surface area (Å²) in [6.07, 6.45) is 2.01. The third-order valence-electron chi connectivity index (χ3n) is 5.85. The van der Waals surface area contributed by atoms with Crippen molar-refractivity contribution in [1.29, 1.82) is 0 Å². The zero-order chi connectivity index (χ0) is 20.9. The summed E-state index contributed by atoms with van der Waals surface area (Å²) >= 11 is 0. The number of benzene rings is 3. The Balaban J connectivity index is 1.54. The minimum atomic E-state index is -1.28. The standard InChI is InChI=1S/C27H25NOSi/c1-18-15-25(28-17-24(18)19-9-12-21(13-10-19)30(2,3)4)20-11-14-27-23(16-20)22-7-5-6-8-26(22)29-27/h5-17H,1-4H3. The summed E-state index contributed by atoms with van der Waals surface area (Å²) in [5, 5.41) is 3.76. The molecule has 0 aliphatic rings. The molecule has 0 atom stereocenters. The predicted octanol–water partition coefficient (Wildman–Crippen LogP) is 7.17. The maximum Gasteiger partial charge on any atom is 0.135 e. The number of rotatable bonds is 3. The summed E-state index contributed by atoms with van der Waals surface area (Å²) in [4.78, 5) is 4.81. The maximum atomic E-state index is 5.96. The number of hydrogen-bond donors (Lipinski definition) is 0. The van der Waals surface area contributed by atoms with Crippen LogP contribution in [0.25, 0.3) is 44.3 Å². The van der Waals surface area contributed by atoms with Crippen LogP contribution in [0.2, 0.25) is 19.6 Å². The van der Waals surface area contributed by atoms with Crippen molar-refractivity contribution in [3.63, 3.8) is 0 Å². The van der Waals surface area contributed by atoms with E-state index in [4.69, 9.17) is 9.40 Å². The minimum absolute atomic E-state index is 0.913. The fourth-order valence-corrected chi connectivity index (χ4v) is 5.22. The highest BCUT2D eigenvalue weighted by atomic mass is 28.3. The lowest BCUT2D eigenvalue weighted by molar-refractivity contribution is 0.669. The van der Waals surface area contributed by atoms with Gasteiger partial charge in [-0.25, -0.2) is 0 Å². The molecule has 2 aromatic heterocycles. The van der Waals surface area contributed by atoms with Gasteiger partial charge in [0.2, 0.25) is 0 Å². The van der Waals surface area contributed by atoms with E-state index < -0.39 is 8.07 Å². The fraction of sp³-hybridized carbons (Fsp3) is 0.148. The fourth-order valence-electron chi connectivity index (χ4n) is 4.05. The van der Waals surface area contributed by atoms with E-state index >= 15 is 0 Å². The van der Waals surface area contributed by atoms with E-state index in [9.17, 15) is 0 Å². The first-order chi connectivity index (χ1) is 14.4. The van der Waals surface area contributed by atoms with Crippen LogP contribution in [-0.2, 0) is 0 Å². The number of hydrogen-bond acceptors (Lipinski definition) is 2. The Hall–Kier alpha value is -3.17. The normalized spacial score (nSPS) is 12.0. The van der Waals surface area contributed by atoms with E-state index in [1.165, 1.54) is 21.9 Å². The van der Waals surface area contributed by atoms with Gasteiger partial charge in [0.15, 0.2) is 0 Å². The van der Waals surface area contributed by atoms with Crippen molar-refractivity contribution in [3.05, 3.63) is 84.6 Å². The van der Waals surface area contributed by atoms with Crippen molar-refractivity contribution in [1.82, 2.24) is 4.98 Å². The molecule has 2 heterocycles. The van der Waals surface area contributed by atoms with Gasteiger partial charge in [-0.2, -0.15) is 0 Å². The summed E-state index contributed by atoms with van der Waals surface area (Å²) < 4.78 is 5.96. The molecule has 0 N–H and O–H groups in total. The largest absolute Gasteiger partial charge is 0.456 e. The van der Waals surface area contributed by atoms with Crippen LogP contribution in [0.15, 0.2) is 83.4 Å². The van der Waals surface area contributed by atoms with E-state index in [0.29, 0.717) is 0 Å². The highest BCUT2D eigenvalue weighted by Crippen LogP contribution is 2.33. The molecule has 0 bridgehead atoms. The van der Waals surface area contributed by atoms with E-state index in [1.807, 2.05) is 24.4 Å². The van der Waals surface area contributed by atoms with Gasteiger partial charge in [-0.05, 0) is 48.4 Å². The number of para-hydroxylation sites is 1. The molecule has 0 aliphatic heterocycles. The number of aryl methyl sites for hydroxylation is 1. The average Bonchev–Trinajstić information content (AvgIpc) is 3.11. The zero-order valence-corrected chi connectivity index (χ0v) is 18.9. The van der Waals surface area contributed by atoms with E-state index in [1.54, 1.807) is 0 Å². The Morgan fingerprint density at radius 3 is 2.17 bits per heavy atom.